The molecule has 0 saturated carbocycles. The number of pyridine rings is 1. The van der Waals surface area contributed by atoms with Gasteiger partial charge in [-0.2, -0.15) is 0 Å². The van der Waals surface area contributed by atoms with E-state index in [1.54, 1.807) is 18.3 Å². The number of likely N-dealkylation sites (N-methyl/N-ethyl adjacent to an activating group) is 1. The fraction of sp³-hybridized carbons (Fsp3) is 0.345. The van der Waals surface area contributed by atoms with E-state index in [4.69, 9.17) is 9.72 Å². The van der Waals surface area contributed by atoms with Gasteiger partial charge in [0.2, 0.25) is 11.9 Å². The molecule has 198 valence electrons. The van der Waals surface area contributed by atoms with Crippen LogP contribution in [0.4, 0.5) is 17.5 Å². The van der Waals surface area contributed by atoms with Crippen LogP contribution in [0.1, 0.15) is 25.0 Å². The first kappa shape index (κ1) is 25.7. The minimum absolute atomic E-state index is 0.179. The predicted molar refractivity (Wildman–Crippen MR) is 151 cm³/mol. The van der Waals surface area contributed by atoms with Crippen LogP contribution in [-0.4, -0.2) is 63.0 Å². The van der Waals surface area contributed by atoms with Crippen molar-refractivity contribution >= 4 is 34.4 Å². The van der Waals surface area contributed by atoms with Crippen molar-refractivity contribution in [2.24, 2.45) is 7.05 Å². The van der Waals surface area contributed by atoms with E-state index in [0.717, 1.165) is 61.9 Å². The van der Waals surface area contributed by atoms with Gasteiger partial charge in [0.25, 0.3) is 0 Å². The maximum absolute atomic E-state index is 11.3. The second-order valence-electron chi connectivity index (χ2n) is 9.78. The van der Waals surface area contributed by atoms with E-state index in [0.29, 0.717) is 17.3 Å². The zero-order valence-electron chi connectivity index (χ0n) is 22.5. The smallest absolute Gasteiger partial charge is 0.222 e. The minimum Gasteiger partial charge on any atom is -0.457 e. The van der Waals surface area contributed by atoms with Crippen molar-refractivity contribution in [2.45, 2.75) is 27.3 Å². The number of amides is 1. The zero-order chi connectivity index (χ0) is 26.6. The van der Waals surface area contributed by atoms with Crippen LogP contribution < -0.4 is 15.4 Å². The summed E-state index contributed by atoms with van der Waals surface area (Å²) in [4.78, 5) is 25.3. The number of carbonyl (C=O) groups excluding carboxylic acids is 1. The number of nitrogens with one attached hydrogen (secondary N) is 2. The second kappa shape index (κ2) is 11.2. The van der Waals surface area contributed by atoms with Gasteiger partial charge >= 0.3 is 0 Å². The Labute approximate surface area is 223 Å². The summed E-state index contributed by atoms with van der Waals surface area (Å²) >= 11 is 0. The Hall–Kier alpha value is -3.95. The number of imidazole rings is 1. The third kappa shape index (κ3) is 5.95. The van der Waals surface area contributed by atoms with E-state index in [1.807, 2.05) is 29.8 Å². The lowest BCUT2D eigenvalue weighted by atomic mass is 10.1. The van der Waals surface area contributed by atoms with Gasteiger partial charge in [-0.15, -0.1) is 0 Å². The molecule has 9 heteroatoms. The van der Waals surface area contributed by atoms with Crippen LogP contribution in [0.2, 0.25) is 0 Å². The molecule has 2 N–H and O–H groups in total. The van der Waals surface area contributed by atoms with E-state index in [1.165, 1.54) is 18.1 Å². The molecule has 0 unspecified atom stereocenters. The molecule has 2 aromatic carbocycles. The van der Waals surface area contributed by atoms with Crippen molar-refractivity contribution in [1.82, 2.24) is 24.3 Å². The Morgan fingerprint density at radius 3 is 2.50 bits per heavy atom. The van der Waals surface area contributed by atoms with Crippen molar-refractivity contribution in [3.05, 3.63) is 65.9 Å². The van der Waals surface area contributed by atoms with Gasteiger partial charge in [0.15, 0.2) is 0 Å². The van der Waals surface area contributed by atoms with E-state index >= 15 is 0 Å². The van der Waals surface area contributed by atoms with Gasteiger partial charge in [-0.05, 0) is 54.9 Å². The highest BCUT2D eigenvalue weighted by molar-refractivity contribution is 5.87. The van der Waals surface area contributed by atoms with Gasteiger partial charge in [-0.25, -0.2) is 9.97 Å². The number of anilines is 3. The number of hydrogen-bond donors (Lipinski definition) is 2. The van der Waals surface area contributed by atoms with Crippen molar-refractivity contribution in [3.63, 3.8) is 0 Å². The average molecular weight is 514 g/mol. The van der Waals surface area contributed by atoms with Crippen LogP contribution in [0.5, 0.6) is 11.5 Å². The largest absolute Gasteiger partial charge is 0.457 e. The van der Waals surface area contributed by atoms with Crippen LogP contribution in [0.15, 0.2) is 54.7 Å². The molecule has 5 rings (SSSR count). The normalized spacial score (nSPS) is 14.5. The minimum atomic E-state index is -0.179. The van der Waals surface area contributed by atoms with Crippen LogP contribution >= 0.6 is 0 Å². The second-order valence-corrected chi connectivity index (χ2v) is 9.78. The van der Waals surface area contributed by atoms with Crippen molar-refractivity contribution in [3.8, 4) is 11.5 Å². The van der Waals surface area contributed by atoms with Gasteiger partial charge in [0.1, 0.15) is 17.3 Å². The van der Waals surface area contributed by atoms with Crippen LogP contribution in [0.25, 0.3) is 11.0 Å². The molecule has 4 aromatic rings. The molecule has 1 saturated heterocycles. The molecule has 0 bridgehead atoms. The summed E-state index contributed by atoms with van der Waals surface area (Å²) < 4.78 is 8.06. The quantitative estimate of drug-likeness (QED) is 0.346. The summed E-state index contributed by atoms with van der Waals surface area (Å²) in [5, 5.41) is 6.15. The summed E-state index contributed by atoms with van der Waals surface area (Å²) in [7, 11) is 1.99. The lowest BCUT2D eigenvalue weighted by molar-refractivity contribution is -0.114. The molecule has 1 amide bonds. The number of rotatable bonds is 8. The first-order valence-electron chi connectivity index (χ1n) is 13.1. The molecular weight excluding hydrogens is 478 g/mol. The fourth-order valence-electron chi connectivity index (χ4n) is 4.79. The van der Waals surface area contributed by atoms with Crippen molar-refractivity contribution < 1.29 is 9.53 Å². The SMILES string of the molecule is CCN1CCN(Cc2ccc(Nc3nc4ccc(Oc5ccnc(NC(C)=O)c5)cc4n3C)cc2C)CC1. The number of fused-ring (bicyclic) bond motifs is 1. The third-order valence-electron chi connectivity index (χ3n) is 7.03. The molecule has 1 aliphatic heterocycles. The number of nitrogens with zero attached hydrogens (tertiary/aromatic N) is 5. The van der Waals surface area contributed by atoms with Gasteiger partial charge in [0, 0.05) is 70.7 Å². The van der Waals surface area contributed by atoms with Crippen molar-refractivity contribution in [2.75, 3.05) is 43.4 Å². The standard InChI is InChI=1S/C29H35N7O2/c1-5-35-12-14-36(15-13-35)19-22-6-7-23(16-20(22)2)32-29-33-26-9-8-24(17-27(26)34(29)4)38-25-10-11-30-28(18-25)31-21(3)37/h6-11,16-18H,5,12-15,19H2,1-4H3,(H,32,33)(H,30,31,37). The lowest BCUT2D eigenvalue weighted by Gasteiger charge is -2.34. The Bertz CT molecular complexity index is 1440. The molecule has 38 heavy (non-hydrogen) atoms. The monoisotopic (exact) mass is 513 g/mol. The van der Waals surface area contributed by atoms with Crippen LogP contribution in [0.3, 0.4) is 0 Å². The number of aryl methyl sites for hydroxylation is 2. The van der Waals surface area contributed by atoms with Gasteiger partial charge in [-0.1, -0.05) is 13.0 Å². The molecule has 3 heterocycles. The molecule has 9 nitrogen and oxygen atoms in total. The zero-order valence-corrected chi connectivity index (χ0v) is 22.5. The molecule has 1 aliphatic rings. The molecule has 0 aliphatic carbocycles. The lowest BCUT2D eigenvalue weighted by Crippen LogP contribution is -2.45. The summed E-state index contributed by atoms with van der Waals surface area (Å²) in [6.07, 6.45) is 1.60. The first-order valence-corrected chi connectivity index (χ1v) is 13.1. The van der Waals surface area contributed by atoms with E-state index in [-0.39, 0.29) is 5.91 Å². The van der Waals surface area contributed by atoms with Gasteiger partial charge < -0.3 is 24.8 Å². The highest BCUT2D eigenvalue weighted by atomic mass is 16.5. The molecule has 2 aromatic heterocycles. The average Bonchev–Trinajstić information content (AvgIpc) is 3.20. The van der Waals surface area contributed by atoms with Crippen molar-refractivity contribution in [1.29, 1.82) is 0 Å². The molecular formula is C29H35N7O2. The number of hydrogen-bond acceptors (Lipinski definition) is 7. The molecule has 0 spiro atoms. The van der Waals surface area contributed by atoms with E-state index in [9.17, 15) is 4.79 Å². The Balaban J connectivity index is 1.28. The van der Waals surface area contributed by atoms with Crippen LogP contribution in [0, 0.1) is 6.92 Å². The highest BCUT2D eigenvalue weighted by Crippen LogP contribution is 2.29. The number of ether oxygens (including phenoxy) is 1. The third-order valence-corrected chi connectivity index (χ3v) is 7.03. The number of benzene rings is 2. The topological polar surface area (TPSA) is 87.6 Å². The Morgan fingerprint density at radius 2 is 1.76 bits per heavy atom. The predicted octanol–water partition coefficient (Wildman–Crippen LogP) is 4.91. The fourth-order valence-corrected chi connectivity index (χ4v) is 4.79. The van der Waals surface area contributed by atoms with E-state index < -0.39 is 0 Å². The highest BCUT2D eigenvalue weighted by Gasteiger charge is 2.17. The van der Waals surface area contributed by atoms with Crippen LogP contribution in [-0.2, 0) is 18.4 Å². The Morgan fingerprint density at radius 1 is 1.00 bits per heavy atom. The number of piperazine rings is 1. The molecule has 0 radical (unpaired) electrons. The summed E-state index contributed by atoms with van der Waals surface area (Å²) in [6, 6.07) is 15.8. The summed E-state index contributed by atoms with van der Waals surface area (Å²) in [6.45, 7) is 12.5. The molecule has 0 atom stereocenters. The summed E-state index contributed by atoms with van der Waals surface area (Å²) in [5.41, 5.74) is 5.47. The van der Waals surface area contributed by atoms with Gasteiger partial charge in [0.05, 0.1) is 11.0 Å². The molecule has 1 fully saturated rings. The first-order chi connectivity index (χ1) is 18.4. The van der Waals surface area contributed by atoms with Gasteiger partial charge in [-0.3, -0.25) is 9.69 Å². The Kier molecular flexibility index (Phi) is 7.57. The summed E-state index contributed by atoms with van der Waals surface area (Å²) in [5.74, 6) is 2.29. The number of aromatic nitrogens is 3. The maximum Gasteiger partial charge on any atom is 0.222 e. The van der Waals surface area contributed by atoms with E-state index in [2.05, 4.69) is 57.5 Å². The maximum atomic E-state index is 11.3. The number of carbonyl (C=O) groups is 1.